The molecule has 55 valence electrons. The third-order valence-electron chi connectivity index (χ3n) is 0.954. The number of aromatic nitrogens is 4. The third kappa shape index (κ3) is 1.74. The molecule has 0 aliphatic heterocycles. The second kappa shape index (κ2) is 3.23. The van der Waals surface area contributed by atoms with Crippen LogP contribution in [-0.2, 0) is 11.3 Å². The Morgan fingerprint density at radius 3 is 3.10 bits per heavy atom. The van der Waals surface area contributed by atoms with E-state index in [4.69, 9.17) is 5.11 Å². The minimum Gasteiger partial charge on any atom is -0.366 e. The molecule has 1 unspecified atom stereocenters. The van der Waals surface area contributed by atoms with Gasteiger partial charge in [-0.25, -0.2) is 4.68 Å². The fourth-order valence-corrected chi connectivity index (χ4v) is 0.460. The fraction of sp³-hybridized carbons (Fsp3) is 0.750. The Balaban J connectivity index is 2.40. The Morgan fingerprint density at radius 2 is 2.60 bits per heavy atom. The van der Waals surface area contributed by atoms with Crippen molar-refractivity contribution < 1.29 is 9.84 Å². The number of rotatable bonds is 3. The Kier molecular flexibility index (Phi) is 2.30. The van der Waals surface area contributed by atoms with Gasteiger partial charge in [0.25, 0.3) is 0 Å². The van der Waals surface area contributed by atoms with E-state index in [1.807, 2.05) is 0 Å². The van der Waals surface area contributed by atoms with E-state index in [1.54, 1.807) is 0 Å². The van der Waals surface area contributed by atoms with Crippen LogP contribution < -0.4 is 0 Å². The van der Waals surface area contributed by atoms with Crippen molar-refractivity contribution in [2.75, 3.05) is 7.11 Å². The van der Waals surface area contributed by atoms with Crippen LogP contribution in [-0.4, -0.2) is 38.7 Å². The average Bonchev–Trinajstić information content (AvgIpc) is 2.40. The van der Waals surface area contributed by atoms with E-state index >= 15 is 0 Å². The highest BCUT2D eigenvalue weighted by atomic mass is 16.6. The molecule has 1 heterocycles. The molecule has 0 aromatic carbocycles. The normalized spacial score (nSPS) is 13.4. The standard InChI is InChI=1S/C4H7N4O2/c1-10-4(9)2-8-3-5-6-7-8/h4,9H,2H2,1H3. The van der Waals surface area contributed by atoms with Gasteiger partial charge in [0.2, 0.25) is 6.33 Å². The first-order valence-electron chi connectivity index (χ1n) is 2.67. The minimum absolute atomic E-state index is 0.198. The summed E-state index contributed by atoms with van der Waals surface area (Å²) in [6.07, 6.45) is 1.53. The lowest BCUT2D eigenvalue weighted by molar-refractivity contribution is -0.0856. The van der Waals surface area contributed by atoms with Crippen molar-refractivity contribution in [1.29, 1.82) is 0 Å². The van der Waals surface area contributed by atoms with Crippen LogP contribution in [0.15, 0.2) is 0 Å². The SMILES string of the molecule is COC(O)Cn1[c]nnn1. The van der Waals surface area contributed by atoms with Gasteiger partial charge in [0.1, 0.15) is 0 Å². The van der Waals surface area contributed by atoms with Crippen LogP contribution in [0.4, 0.5) is 0 Å². The van der Waals surface area contributed by atoms with Crippen molar-refractivity contribution in [3.05, 3.63) is 6.33 Å². The molecule has 6 heteroatoms. The molecule has 0 amide bonds. The number of tetrazole rings is 1. The van der Waals surface area contributed by atoms with Gasteiger partial charge in [-0.2, -0.15) is 0 Å². The highest BCUT2D eigenvalue weighted by Gasteiger charge is 2.02. The Morgan fingerprint density at radius 1 is 1.80 bits per heavy atom. The van der Waals surface area contributed by atoms with Crippen LogP contribution >= 0.6 is 0 Å². The molecule has 0 aliphatic carbocycles. The second-order valence-corrected chi connectivity index (χ2v) is 1.65. The number of aliphatic hydroxyl groups is 1. The van der Waals surface area contributed by atoms with Gasteiger partial charge in [0, 0.05) is 7.11 Å². The van der Waals surface area contributed by atoms with Gasteiger partial charge < -0.3 is 9.84 Å². The maximum Gasteiger partial charge on any atom is 0.221 e. The molecule has 0 fully saturated rings. The largest absolute Gasteiger partial charge is 0.366 e. The summed E-state index contributed by atoms with van der Waals surface area (Å²) in [6, 6.07) is 0. The molecular formula is C4H7N4O2. The van der Waals surface area contributed by atoms with Gasteiger partial charge in [-0.1, -0.05) is 0 Å². The molecule has 0 aliphatic rings. The minimum atomic E-state index is -0.875. The monoisotopic (exact) mass is 143 g/mol. The Bertz CT molecular complexity index is 175. The van der Waals surface area contributed by atoms with E-state index in [0.717, 1.165) is 0 Å². The van der Waals surface area contributed by atoms with Crippen LogP contribution in [0.1, 0.15) is 0 Å². The van der Waals surface area contributed by atoms with Crippen molar-refractivity contribution in [3.8, 4) is 0 Å². The van der Waals surface area contributed by atoms with Crippen LogP contribution in [0.3, 0.4) is 0 Å². The summed E-state index contributed by atoms with van der Waals surface area (Å²) >= 11 is 0. The zero-order valence-electron chi connectivity index (χ0n) is 5.43. The lowest BCUT2D eigenvalue weighted by Crippen LogP contribution is -2.18. The van der Waals surface area contributed by atoms with Gasteiger partial charge >= 0.3 is 0 Å². The molecule has 1 aromatic rings. The zero-order valence-corrected chi connectivity index (χ0v) is 5.43. The van der Waals surface area contributed by atoms with E-state index in [-0.39, 0.29) is 6.54 Å². The number of nitrogens with zero attached hydrogens (tertiary/aromatic N) is 4. The van der Waals surface area contributed by atoms with Crippen LogP contribution in [0.25, 0.3) is 0 Å². The molecule has 10 heavy (non-hydrogen) atoms. The van der Waals surface area contributed by atoms with Crippen LogP contribution in [0, 0.1) is 6.33 Å². The van der Waals surface area contributed by atoms with Crippen molar-refractivity contribution in [1.82, 2.24) is 20.2 Å². The maximum atomic E-state index is 8.87. The van der Waals surface area contributed by atoms with E-state index < -0.39 is 6.29 Å². The van der Waals surface area contributed by atoms with Crippen molar-refractivity contribution in [3.63, 3.8) is 0 Å². The number of hydrogen-bond acceptors (Lipinski definition) is 5. The van der Waals surface area contributed by atoms with Crippen molar-refractivity contribution in [2.24, 2.45) is 0 Å². The average molecular weight is 143 g/mol. The van der Waals surface area contributed by atoms with Gasteiger partial charge in [0.15, 0.2) is 6.29 Å². The molecule has 0 spiro atoms. The molecular weight excluding hydrogens is 136 g/mol. The number of ether oxygens (including phenoxy) is 1. The van der Waals surface area contributed by atoms with Gasteiger partial charge in [-0.3, -0.25) is 0 Å². The molecule has 1 radical (unpaired) electrons. The first-order chi connectivity index (χ1) is 4.83. The Hall–Kier alpha value is -1.01. The number of aliphatic hydroxyl groups excluding tert-OH is 1. The lowest BCUT2D eigenvalue weighted by Gasteiger charge is -2.05. The predicted octanol–water partition coefficient (Wildman–Crippen LogP) is -1.56. The lowest BCUT2D eigenvalue weighted by atomic mass is 10.6. The molecule has 1 aromatic heterocycles. The summed E-state index contributed by atoms with van der Waals surface area (Å²) < 4.78 is 5.80. The summed E-state index contributed by atoms with van der Waals surface area (Å²) in [7, 11) is 1.40. The molecule has 0 saturated heterocycles. The van der Waals surface area contributed by atoms with Gasteiger partial charge in [0.05, 0.1) is 6.54 Å². The second-order valence-electron chi connectivity index (χ2n) is 1.65. The molecule has 0 saturated carbocycles. The first kappa shape index (κ1) is 7.10. The Labute approximate surface area is 57.4 Å². The van der Waals surface area contributed by atoms with Gasteiger partial charge in [-0.05, 0) is 10.4 Å². The van der Waals surface area contributed by atoms with Crippen molar-refractivity contribution >= 4 is 0 Å². The summed E-state index contributed by atoms with van der Waals surface area (Å²) in [5, 5.41) is 18.9. The third-order valence-corrected chi connectivity index (χ3v) is 0.954. The predicted molar refractivity (Wildman–Crippen MR) is 29.7 cm³/mol. The quantitative estimate of drug-likeness (QED) is 0.518. The molecule has 1 N–H and O–H groups in total. The zero-order chi connectivity index (χ0) is 7.40. The number of methoxy groups -OCH3 is 1. The van der Waals surface area contributed by atoms with Gasteiger partial charge in [-0.15, -0.1) is 5.10 Å². The topological polar surface area (TPSA) is 73.1 Å². The first-order valence-corrected chi connectivity index (χ1v) is 2.67. The molecule has 1 rings (SSSR count). The van der Waals surface area contributed by atoms with E-state index in [2.05, 4.69) is 26.6 Å². The summed E-state index contributed by atoms with van der Waals surface area (Å²) in [5.41, 5.74) is 0. The maximum absolute atomic E-state index is 8.87. The number of hydrogen-bond donors (Lipinski definition) is 1. The van der Waals surface area contributed by atoms with E-state index in [0.29, 0.717) is 0 Å². The molecule has 6 nitrogen and oxygen atoms in total. The van der Waals surface area contributed by atoms with Crippen LogP contribution in [0.2, 0.25) is 0 Å². The smallest absolute Gasteiger partial charge is 0.221 e. The highest BCUT2D eigenvalue weighted by molar-refractivity contribution is 4.44. The summed E-state index contributed by atoms with van der Waals surface area (Å²) in [4.78, 5) is 0. The van der Waals surface area contributed by atoms with Crippen molar-refractivity contribution in [2.45, 2.75) is 12.8 Å². The fourth-order valence-electron chi connectivity index (χ4n) is 0.460. The van der Waals surface area contributed by atoms with Crippen LogP contribution in [0.5, 0.6) is 0 Å². The highest BCUT2D eigenvalue weighted by Crippen LogP contribution is 1.86. The molecule has 1 atom stereocenters. The molecule has 0 bridgehead atoms. The summed E-state index contributed by atoms with van der Waals surface area (Å²) in [5.74, 6) is 0. The van der Waals surface area contributed by atoms with E-state index in [9.17, 15) is 0 Å². The van der Waals surface area contributed by atoms with E-state index in [1.165, 1.54) is 11.8 Å². The summed E-state index contributed by atoms with van der Waals surface area (Å²) in [6.45, 7) is 0.198.